The molecule has 0 radical (unpaired) electrons. The Hall–Kier alpha value is -4.06. The number of methoxy groups -OCH3 is 1. The van der Waals surface area contributed by atoms with Gasteiger partial charge in [-0.25, -0.2) is 0 Å². The Morgan fingerprint density at radius 1 is 0.970 bits per heavy atom. The molecular weight excluding hydrogens is 418 g/mol. The van der Waals surface area contributed by atoms with Crippen molar-refractivity contribution in [2.24, 2.45) is 0 Å². The highest BCUT2D eigenvalue weighted by Crippen LogP contribution is 2.35. The van der Waals surface area contributed by atoms with E-state index in [1.807, 2.05) is 54.8 Å². The van der Waals surface area contributed by atoms with Crippen LogP contribution < -0.4 is 19.6 Å². The first-order valence-corrected chi connectivity index (χ1v) is 10.7. The number of aryl methyl sites for hydroxylation is 2. The van der Waals surface area contributed by atoms with Crippen molar-refractivity contribution in [1.29, 1.82) is 0 Å². The summed E-state index contributed by atoms with van der Waals surface area (Å²) in [5.41, 5.74) is 4.07. The van der Waals surface area contributed by atoms with Crippen LogP contribution in [-0.2, 0) is 6.54 Å². The molecule has 166 valence electrons. The van der Waals surface area contributed by atoms with Crippen molar-refractivity contribution in [2.45, 2.75) is 20.4 Å². The molecule has 0 N–H and O–H groups in total. The summed E-state index contributed by atoms with van der Waals surface area (Å²) in [7, 11) is 1.62. The van der Waals surface area contributed by atoms with Gasteiger partial charge in [0.2, 0.25) is 12.2 Å². The molecule has 0 unspecified atom stereocenters. The average molecular weight is 441 g/mol. The molecule has 0 atom stereocenters. The summed E-state index contributed by atoms with van der Waals surface area (Å²) in [6.07, 6.45) is 1.65. The molecule has 2 heterocycles. The number of nitrogens with zero attached hydrogens (tertiary/aromatic N) is 1. The molecule has 5 rings (SSSR count). The maximum atomic E-state index is 13.4. The van der Waals surface area contributed by atoms with Crippen molar-refractivity contribution in [3.8, 4) is 17.2 Å². The number of pyridine rings is 1. The van der Waals surface area contributed by atoms with Crippen molar-refractivity contribution in [2.75, 3.05) is 13.9 Å². The Bertz CT molecular complexity index is 1450. The fraction of sp³-hybridized carbons (Fsp3) is 0.185. The summed E-state index contributed by atoms with van der Waals surface area (Å²) < 4.78 is 18.2. The minimum Gasteiger partial charge on any atom is -0.497 e. The summed E-state index contributed by atoms with van der Waals surface area (Å²) in [6.45, 7) is 4.51. The van der Waals surface area contributed by atoms with Gasteiger partial charge >= 0.3 is 0 Å². The molecule has 0 amide bonds. The van der Waals surface area contributed by atoms with Crippen molar-refractivity contribution in [3.63, 3.8) is 0 Å². The number of ether oxygens (including phenoxy) is 3. The van der Waals surface area contributed by atoms with E-state index in [1.54, 1.807) is 31.5 Å². The van der Waals surface area contributed by atoms with Crippen LogP contribution in [0.5, 0.6) is 17.2 Å². The van der Waals surface area contributed by atoms with Crippen LogP contribution in [0.25, 0.3) is 10.9 Å². The molecule has 0 saturated carbocycles. The van der Waals surface area contributed by atoms with E-state index in [-0.39, 0.29) is 23.6 Å². The third-order valence-corrected chi connectivity index (χ3v) is 6.10. The lowest BCUT2D eigenvalue weighted by molar-refractivity contribution is 0.103. The Morgan fingerprint density at radius 3 is 2.39 bits per heavy atom. The topological polar surface area (TPSA) is 66.8 Å². The van der Waals surface area contributed by atoms with Crippen molar-refractivity contribution >= 4 is 16.7 Å². The van der Waals surface area contributed by atoms with Crippen LogP contribution in [0.1, 0.15) is 32.6 Å². The van der Waals surface area contributed by atoms with Gasteiger partial charge < -0.3 is 18.8 Å². The second-order valence-corrected chi connectivity index (χ2v) is 8.20. The summed E-state index contributed by atoms with van der Waals surface area (Å²) in [6, 6.07) is 16.6. The molecule has 1 aliphatic rings. The van der Waals surface area contributed by atoms with Crippen molar-refractivity contribution < 1.29 is 19.0 Å². The molecule has 6 heteroatoms. The number of fused-ring (bicyclic) bond motifs is 2. The summed E-state index contributed by atoms with van der Waals surface area (Å²) in [4.78, 5) is 26.8. The lowest BCUT2D eigenvalue weighted by Gasteiger charge is -2.15. The van der Waals surface area contributed by atoms with Crippen LogP contribution in [0.15, 0.2) is 65.6 Å². The predicted molar refractivity (Wildman–Crippen MR) is 126 cm³/mol. The first kappa shape index (κ1) is 20.8. The second-order valence-electron chi connectivity index (χ2n) is 8.20. The minimum atomic E-state index is -0.322. The van der Waals surface area contributed by atoms with Crippen LogP contribution in [0.3, 0.4) is 0 Å². The Balaban J connectivity index is 1.68. The first-order chi connectivity index (χ1) is 15.9. The summed E-state index contributed by atoms with van der Waals surface area (Å²) in [5.74, 6) is 1.55. The van der Waals surface area contributed by atoms with Crippen LogP contribution in [0.4, 0.5) is 0 Å². The number of hydrogen-bond acceptors (Lipinski definition) is 5. The Kier molecular flexibility index (Phi) is 5.13. The van der Waals surface area contributed by atoms with E-state index in [1.165, 1.54) is 0 Å². The van der Waals surface area contributed by atoms with Gasteiger partial charge in [-0.2, -0.15) is 0 Å². The van der Waals surface area contributed by atoms with Gasteiger partial charge in [-0.1, -0.05) is 24.3 Å². The number of ketones is 1. The van der Waals surface area contributed by atoms with Gasteiger partial charge in [0.15, 0.2) is 17.3 Å². The number of aromatic nitrogens is 1. The SMILES string of the molecule is COc1ccc(Cn2cc(C(=O)c3ccc(C)c(C)c3)c(=O)c3cc4c(cc32)OCO4)cc1. The van der Waals surface area contributed by atoms with E-state index in [9.17, 15) is 9.59 Å². The quantitative estimate of drug-likeness (QED) is 0.422. The van der Waals surface area contributed by atoms with Gasteiger partial charge in [-0.05, 0) is 54.8 Å². The highest BCUT2D eigenvalue weighted by Gasteiger charge is 2.22. The van der Waals surface area contributed by atoms with Gasteiger partial charge in [0, 0.05) is 24.4 Å². The molecule has 0 aliphatic carbocycles. The van der Waals surface area contributed by atoms with Crippen LogP contribution in [0, 0.1) is 13.8 Å². The molecule has 33 heavy (non-hydrogen) atoms. The summed E-state index contributed by atoms with van der Waals surface area (Å²) >= 11 is 0. The van der Waals surface area contributed by atoms with E-state index in [2.05, 4.69) is 0 Å². The van der Waals surface area contributed by atoms with Gasteiger partial charge in [0.05, 0.1) is 23.6 Å². The first-order valence-electron chi connectivity index (χ1n) is 10.7. The number of carbonyl (C=O) groups is 1. The maximum Gasteiger partial charge on any atom is 0.231 e. The molecule has 1 aromatic heterocycles. The molecule has 6 nitrogen and oxygen atoms in total. The molecule has 0 spiro atoms. The number of rotatable bonds is 5. The molecule has 0 fully saturated rings. The van der Waals surface area contributed by atoms with Crippen molar-refractivity contribution in [1.82, 2.24) is 4.57 Å². The van der Waals surface area contributed by atoms with Crippen LogP contribution in [-0.4, -0.2) is 24.3 Å². The minimum absolute atomic E-state index is 0.104. The number of benzene rings is 3. The van der Waals surface area contributed by atoms with Gasteiger partial charge in [-0.3, -0.25) is 9.59 Å². The largest absolute Gasteiger partial charge is 0.497 e. The highest BCUT2D eigenvalue weighted by molar-refractivity contribution is 6.10. The molecule has 4 aromatic rings. The van der Waals surface area contributed by atoms with Gasteiger partial charge in [0.25, 0.3) is 0 Å². The Labute approximate surface area is 191 Å². The van der Waals surface area contributed by atoms with Crippen molar-refractivity contribution in [3.05, 3.63) is 98.8 Å². The third kappa shape index (κ3) is 3.74. The lowest BCUT2D eigenvalue weighted by Crippen LogP contribution is -2.20. The van der Waals surface area contributed by atoms with Gasteiger partial charge in [0.1, 0.15) is 5.75 Å². The summed E-state index contributed by atoms with van der Waals surface area (Å²) in [5, 5.41) is 0.419. The zero-order chi connectivity index (χ0) is 23.1. The van der Waals surface area contributed by atoms with Crippen LogP contribution >= 0.6 is 0 Å². The normalized spacial score (nSPS) is 12.2. The fourth-order valence-corrected chi connectivity index (χ4v) is 4.04. The third-order valence-electron chi connectivity index (χ3n) is 6.10. The van der Waals surface area contributed by atoms with E-state index in [0.717, 1.165) is 22.4 Å². The van der Waals surface area contributed by atoms with E-state index in [0.29, 0.717) is 34.5 Å². The van der Waals surface area contributed by atoms with Gasteiger partial charge in [-0.15, -0.1) is 0 Å². The monoisotopic (exact) mass is 441 g/mol. The predicted octanol–water partition coefficient (Wildman–Crippen LogP) is 4.63. The van der Waals surface area contributed by atoms with E-state index < -0.39 is 0 Å². The average Bonchev–Trinajstić information content (AvgIpc) is 3.29. The molecule has 1 aliphatic heterocycles. The standard InChI is InChI=1S/C27H23NO5/c1-16-4-7-19(10-17(16)2)26(29)22-14-28(13-18-5-8-20(31-3)9-6-18)23-12-25-24(32-15-33-25)11-21(23)27(22)30/h4-12,14H,13,15H2,1-3H3. The molecule has 0 saturated heterocycles. The van der Waals surface area contributed by atoms with E-state index >= 15 is 0 Å². The number of hydrogen-bond donors (Lipinski definition) is 0. The fourth-order valence-electron chi connectivity index (χ4n) is 4.04. The lowest BCUT2D eigenvalue weighted by atomic mass is 9.98. The van der Waals surface area contributed by atoms with E-state index in [4.69, 9.17) is 14.2 Å². The molecule has 3 aromatic carbocycles. The smallest absolute Gasteiger partial charge is 0.231 e. The highest BCUT2D eigenvalue weighted by atomic mass is 16.7. The maximum absolute atomic E-state index is 13.4. The Morgan fingerprint density at radius 2 is 1.70 bits per heavy atom. The zero-order valence-corrected chi connectivity index (χ0v) is 18.7. The molecular formula is C27H23NO5. The second kappa shape index (κ2) is 8.13. The number of carbonyl (C=O) groups excluding carboxylic acids is 1. The zero-order valence-electron chi connectivity index (χ0n) is 18.7. The molecule has 0 bridgehead atoms. The van der Waals surface area contributed by atoms with Crippen LogP contribution in [0.2, 0.25) is 0 Å².